The van der Waals surface area contributed by atoms with Crippen LogP contribution in [0.15, 0.2) is 0 Å². The lowest BCUT2D eigenvalue weighted by Crippen LogP contribution is -2.48. The molecule has 2 atom stereocenters. The molecule has 1 aliphatic rings. The van der Waals surface area contributed by atoms with E-state index in [1.807, 2.05) is 20.8 Å². The van der Waals surface area contributed by atoms with Gasteiger partial charge in [0.05, 0.1) is 11.6 Å². The number of hydrogen-bond acceptors (Lipinski definition) is 3. The van der Waals surface area contributed by atoms with E-state index < -0.39 is 17.3 Å². The van der Waals surface area contributed by atoms with Gasteiger partial charge in [0.25, 0.3) is 0 Å². The van der Waals surface area contributed by atoms with Crippen molar-refractivity contribution < 1.29 is 14.6 Å². The first-order valence-electron chi connectivity index (χ1n) is 5.43. The minimum atomic E-state index is -0.795. The lowest BCUT2D eigenvalue weighted by atomic mass is 10.0. The van der Waals surface area contributed by atoms with Gasteiger partial charge in [0.2, 0.25) is 0 Å². The molecule has 0 aliphatic heterocycles. The zero-order valence-electron chi connectivity index (χ0n) is 9.96. The summed E-state index contributed by atoms with van der Waals surface area (Å²) < 4.78 is 5.13. The Bertz CT molecular complexity index is 243. The van der Waals surface area contributed by atoms with Gasteiger partial charge in [0.15, 0.2) is 0 Å². The summed E-state index contributed by atoms with van der Waals surface area (Å²) in [6.07, 6.45) is 2.03. The molecule has 0 bridgehead atoms. The molecule has 1 aliphatic carbocycles. The summed E-state index contributed by atoms with van der Waals surface area (Å²) in [5, 5.41) is 12.6. The lowest BCUT2D eigenvalue weighted by molar-refractivity contribution is 0.0195. The number of amides is 1. The summed E-state index contributed by atoms with van der Waals surface area (Å²) in [6.45, 7) is 7.21. The number of carbonyl (C=O) groups is 1. The van der Waals surface area contributed by atoms with Crippen LogP contribution in [0.3, 0.4) is 0 Å². The van der Waals surface area contributed by atoms with Gasteiger partial charge in [0.1, 0.15) is 5.60 Å². The van der Waals surface area contributed by atoms with Gasteiger partial charge in [-0.2, -0.15) is 0 Å². The Kier molecular flexibility index (Phi) is 3.28. The molecule has 0 aromatic heterocycles. The summed E-state index contributed by atoms with van der Waals surface area (Å²) in [5.74, 6) is 0. The van der Waals surface area contributed by atoms with Gasteiger partial charge in [0, 0.05) is 0 Å². The minimum Gasteiger partial charge on any atom is -0.444 e. The third-order valence-electron chi connectivity index (χ3n) is 2.62. The van der Waals surface area contributed by atoms with Crippen LogP contribution in [0.4, 0.5) is 4.79 Å². The van der Waals surface area contributed by atoms with Crippen LogP contribution in [0.1, 0.15) is 47.0 Å². The average molecular weight is 215 g/mol. The van der Waals surface area contributed by atoms with Crippen molar-refractivity contribution in [2.24, 2.45) is 0 Å². The molecule has 0 heterocycles. The molecule has 2 N–H and O–H groups in total. The summed E-state index contributed by atoms with van der Waals surface area (Å²) >= 11 is 0. The smallest absolute Gasteiger partial charge is 0.407 e. The fourth-order valence-corrected chi connectivity index (χ4v) is 1.83. The van der Waals surface area contributed by atoms with Gasteiger partial charge >= 0.3 is 6.09 Å². The van der Waals surface area contributed by atoms with Gasteiger partial charge < -0.3 is 15.2 Å². The SMILES string of the molecule is CC(C)(C)OC(=O)N[C@@H]1CCC[C@@]1(C)O. The molecule has 0 saturated heterocycles. The van der Waals surface area contributed by atoms with Crippen LogP contribution in [0, 0.1) is 0 Å². The Morgan fingerprint density at radius 1 is 1.53 bits per heavy atom. The largest absolute Gasteiger partial charge is 0.444 e. The van der Waals surface area contributed by atoms with Crippen molar-refractivity contribution in [2.45, 2.75) is 64.2 Å². The number of aliphatic hydroxyl groups is 1. The minimum absolute atomic E-state index is 0.188. The zero-order chi connectivity index (χ0) is 11.7. The van der Waals surface area contributed by atoms with E-state index in [0.717, 1.165) is 19.3 Å². The first kappa shape index (κ1) is 12.3. The normalized spacial score (nSPS) is 31.4. The summed E-state index contributed by atoms with van der Waals surface area (Å²) in [5.41, 5.74) is -1.29. The van der Waals surface area contributed by atoms with Crippen molar-refractivity contribution in [3.05, 3.63) is 0 Å². The molecule has 0 aromatic carbocycles. The molecule has 1 saturated carbocycles. The van der Waals surface area contributed by atoms with Crippen molar-refractivity contribution in [1.82, 2.24) is 5.32 Å². The van der Waals surface area contributed by atoms with Crippen molar-refractivity contribution in [3.63, 3.8) is 0 Å². The van der Waals surface area contributed by atoms with Gasteiger partial charge in [-0.3, -0.25) is 0 Å². The quantitative estimate of drug-likeness (QED) is 0.701. The van der Waals surface area contributed by atoms with Crippen LogP contribution in [-0.4, -0.2) is 28.4 Å². The van der Waals surface area contributed by atoms with Gasteiger partial charge in [-0.15, -0.1) is 0 Å². The Morgan fingerprint density at radius 2 is 2.13 bits per heavy atom. The molecular formula is C11H21NO3. The Balaban J connectivity index is 2.45. The molecule has 1 amide bonds. The predicted octanol–water partition coefficient (Wildman–Crippen LogP) is 1.81. The number of ether oxygens (including phenoxy) is 1. The van der Waals surface area contributed by atoms with E-state index in [9.17, 15) is 9.90 Å². The third kappa shape index (κ3) is 3.70. The van der Waals surface area contributed by atoms with Crippen LogP contribution in [-0.2, 0) is 4.74 Å². The van der Waals surface area contributed by atoms with E-state index in [1.54, 1.807) is 6.92 Å². The number of rotatable bonds is 1. The molecule has 0 radical (unpaired) electrons. The topological polar surface area (TPSA) is 58.6 Å². The van der Waals surface area contributed by atoms with Crippen LogP contribution in [0.5, 0.6) is 0 Å². The summed E-state index contributed by atoms with van der Waals surface area (Å²) in [4.78, 5) is 11.5. The second kappa shape index (κ2) is 4.00. The average Bonchev–Trinajstić information content (AvgIpc) is 2.26. The molecular weight excluding hydrogens is 194 g/mol. The lowest BCUT2D eigenvalue weighted by Gasteiger charge is -2.28. The highest BCUT2D eigenvalue weighted by atomic mass is 16.6. The highest BCUT2D eigenvalue weighted by Gasteiger charge is 2.38. The maximum atomic E-state index is 11.5. The summed E-state index contributed by atoms with van der Waals surface area (Å²) in [6, 6.07) is -0.188. The van der Waals surface area contributed by atoms with E-state index in [-0.39, 0.29) is 6.04 Å². The molecule has 15 heavy (non-hydrogen) atoms. The molecule has 0 unspecified atom stereocenters. The van der Waals surface area contributed by atoms with Gasteiger partial charge in [-0.1, -0.05) is 0 Å². The van der Waals surface area contributed by atoms with E-state index in [0.29, 0.717) is 0 Å². The zero-order valence-corrected chi connectivity index (χ0v) is 9.96. The maximum Gasteiger partial charge on any atom is 0.407 e. The van der Waals surface area contributed by atoms with E-state index in [4.69, 9.17) is 4.74 Å². The van der Waals surface area contributed by atoms with Crippen molar-refractivity contribution in [3.8, 4) is 0 Å². The van der Waals surface area contributed by atoms with Crippen LogP contribution in [0.25, 0.3) is 0 Å². The van der Waals surface area contributed by atoms with Crippen molar-refractivity contribution in [2.75, 3.05) is 0 Å². The molecule has 4 heteroatoms. The van der Waals surface area contributed by atoms with Gasteiger partial charge in [-0.05, 0) is 47.0 Å². The van der Waals surface area contributed by atoms with Crippen molar-refractivity contribution >= 4 is 6.09 Å². The van der Waals surface area contributed by atoms with Crippen molar-refractivity contribution in [1.29, 1.82) is 0 Å². The second-order valence-corrected chi connectivity index (χ2v) is 5.45. The molecule has 0 spiro atoms. The number of nitrogens with one attached hydrogen (secondary N) is 1. The molecule has 1 rings (SSSR count). The first-order chi connectivity index (χ1) is 6.71. The van der Waals surface area contributed by atoms with Crippen LogP contribution >= 0.6 is 0 Å². The Hall–Kier alpha value is -0.770. The highest BCUT2D eigenvalue weighted by Crippen LogP contribution is 2.29. The van der Waals surface area contributed by atoms with E-state index >= 15 is 0 Å². The summed E-state index contributed by atoms with van der Waals surface area (Å²) in [7, 11) is 0. The van der Waals surface area contributed by atoms with Crippen LogP contribution < -0.4 is 5.32 Å². The first-order valence-corrected chi connectivity index (χ1v) is 5.43. The number of hydrogen-bond donors (Lipinski definition) is 2. The monoisotopic (exact) mass is 215 g/mol. The molecule has 4 nitrogen and oxygen atoms in total. The second-order valence-electron chi connectivity index (χ2n) is 5.45. The standard InChI is InChI=1S/C11H21NO3/c1-10(2,3)15-9(13)12-8-6-5-7-11(8,4)14/h8,14H,5-7H2,1-4H3,(H,12,13)/t8-,11-/m1/s1. The molecule has 1 fully saturated rings. The van der Waals surface area contributed by atoms with E-state index in [1.165, 1.54) is 0 Å². The fourth-order valence-electron chi connectivity index (χ4n) is 1.83. The Morgan fingerprint density at radius 3 is 2.53 bits per heavy atom. The van der Waals surface area contributed by atoms with Crippen LogP contribution in [0.2, 0.25) is 0 Å². The number of alkyl carbamates (subject to hydrolysis) is 1. The highest BCUT2D eigenvalue weighted by molar-refractivity contribution is 5.68. The fraction of sp³-hybridized carbons (Fsp3) is 0.909. The van der Waals surface area contributed by atoms with Gasteiger partial charge in [-0.25, -0.2) is 4.79 Å². The number of carbonyl (C=O) groups excluding carboxylic acids is 1. The van der Waals surface area contributed by atoms with E-state index in [2.05, 4.69) is 5.32 Å². The maximum absolute atomic E-state index is 11.5. The predicted molar refractivity (Wildman–Crippen MR) is 57.6 cm³/mol. The molecule has 88 valence electrons. The third-order valence-corrected chi connectivity index (χ3v) is 2.62. The molecule has 0 aromatic rings. The Labute approximate surface area is 91.0 Å².